The van der Waals surface area contributed by atoms with Crippen LogP contribution in [-0.4, -0.2) is 10.2 Å². The molecule has 5 heteroatoms. The molecular weight excluding hydrogens is 180 g/mol. The summed E-state index contributed by atoms with van der Waals surface area (Å²) in [5.41, 5.74) is 5.46. The Morgan fingerprint density at radius 3 is 2.33 bits per heavy atom. The van der Waals surface area contributed by atoms with Gasteiger partial charge in [-0.2, -0.15) is 5.26 Å². The van der Waals surface area contributed by atoms with Gasteiger partial charge in [-0.1, -0.05) is 0 Å². The molecule has 0 unspecified atom stereocenters. The molecule has 1 rings (SSSR count). The molecule has 64 valence electrons. The Hall–Kier alpha value is -1.60. The smallest absolute Gasteiger partial charge is 0.181 e. The largest absolute Gasteiger partial charge is 0.504 e. The van der Waals surface area contributed by atoms with Crippen LogP contribution in [0.5, 0.6) is 11.5 Å². The fraction of sp³-hybridized carbons (Fsp3) is 0. The van der Waals surface area contributed by atoms with Crippen molar-refractivity contribution in [1.82, 2.24) is 0 Å². The van der Waals surface area contributed by atoms with Crippen molar-refractivity contribution in [3.05, 3.63) is 17.7 Å². The van der Waals surface area contributed by atoms with E-state index in [1.54, 1.807) is 6.07 Å². The van der Waals surface area contributed by atoms with Gasteiger partial charge < -0.3 is 15.9 Å². The second-order valence-corrected chi connectivity index (χ2v) is 2.05. The summed E-state index contributed by atoms with van der Waals surface area (Å²) in [4.78, 5) is 0. The summed E-state index contributed by atoms with van der Waals surface area (Å²) in [6.45, 7) is 0. The standard InChI is InChI=1S/C7H6N2O2.ClH/c8-3-4-1-5(9)7(11)6(10)2-4;/h1-2,10-11H,9H2;1H. The predicted molar refractivity (Wildman–Crippen MR) is 46.1 cm³/mol. The number of phenols is 2. The molecule has 0 saturated heterocycles. The summed E-state index contributed by atoms with van der Waals surface area (Å²) in [5, 5.41) is 26.3. The Morgan fingerprint density at radius 1 is 1.33 bits per heavy atom. The van der Waals surface area contributed by atoms with Crippen molar-refractivity contribution in [1.29, 1.82) is 5.26 Å². The van der Waals surface area contributed by atoms with E-state index < -0.39 is 0 Å². The molecule has 0 aliphatic rings. The first-order valence-corrected chi connectivity index (χ1v) is 2.86. The minimum Gasteiger partial charge on any atom is -0.504 e. The molecule has 0 aliphatic carbocycles. The monoisotopic (exact) mass is 186 g/mol. The summed E-state index contributed by atoms with van der Waals surface area (Å²) in [6.07, 6.45) is 0. The zero-order chi connectivity index (χ0) is 8.43. The number of hydrogen-bond acceptors (Lipinski definition) is 4. The number of rotatable bonds is 0. The van der Waals surface area contributed by atoms with Crippen LogP contribution in [-0.2, 0) is 0 Å². The molecule has 0 radical (unpaired) electrons. The Labute approximate surface area is 75.3 Å². The van der Waals surface area contributed by atoms with Crippen molar-refractivity contribution >= 4 is 18.1 Å². The molecule has 1 aromatic rings. The van der Waals surface area contributed by atoms with E-state index in [4.69, 9.17) is 21.2 Å². The maximum Gasteiger partial charge on any atom is 0.181 e. The lowest BCUT2D eigenvalue weighted by Gasteiger charge is -2.00. The van der Waals surface area contributed by atoms with E-state index in [1.807, 2.05) is 0 Å². The minimum atomic E-state index is -0.385. The number of halogens is 1. The SMILES string of the molecule is Cl.N#Cc1cc(N)c(O)c(O)c1. The van der Waals surface area contributed by atoms with Crippen LogP contribution in [0.4, 0.5) is 5.69 Å². The van der Waals surface area contributed by atoms with Crippen LogP contribution in [0.1, 0.15) is 5.56 Å². The van der Waals surface area contributed by atoms with E-state index in [0.29, 0.717) is 0 Å². The molecular formula is C7H7ClN2O2. The lowest BCUT2D eigenvalue weighted by Crippen LogP contribution is -1.87. The molecule has 1 aromatic carbocycles. The number of anilines is 1. The molecule has 4 nitrogen and oxygen atoms in total. The first-order chi connectivity index (χ1) is 5.15. The molecule has 4 N–H and O–H groups in total. The molecule has 0 atom stereocenters. The molecule has 0 aromatic heterocycles. The number of nitrogens with two attached hydrogens (primary N) is 1. The average molecular weight is 187 g/mol. The predicted octanol–water partition coefficient (Wildman–Crippen LogP) is 0.973. The molecule has 0 aliphatic heterocycles. The lowest BCUT2D eigenvalue weighted by molar-refractivity contribution is 0.405. The van der Waals surface area contributed by atoms with Gasteiger partial charge in [-0.15, -0.1) is 12.4 Å². The van der Waals surface area contributed by atoms with Gasteiger partial charge >= 0.3 is 0 Å². The van der Waals surface area contributed by atoms with Gasteiger partial charge in [0.15, 0.2) is 11.5 Å². The van der Waals surface area contributed by atoms with Gasteiger partial charge in [0.05, 0.1) is 17.3 Å². The van der Waals surface area contributed by atoms with Crippen LogP contribution in [0.25, 0.3) is 0 Å². The molecule has 0 saturated carbocycles. The fourth-order valence-electron chi connectivity index (χ4n) is 0.706. The van der Waals surface area contributed by atoms with Crippen LogP contribution in [0.3, 0.4) is 0 Å². The quantitative estimate of drug-likeness (QED) is 0.416. The third-order valence-electron chi connectivity index (χ3n) is 1.25. The van der Waals surface area contributed by atoms with E-state index in [2.05, 4.69) is 0 Å². The van der Waals surface area contributed by atoms with E-state index in [-0.39, 0.29) is 35.2 Å². The van der Waals surface area contributed by atoms with Gasteiger partial charge in [0.1, 0.15) is 0 Å². The third-order valence-corrected chi connectivity index (χ3v) is 1.25. The summed E-state index contributed by atoms with van der Waals surface area (Å²) >= 11 is 0. The highest BCUT2D eigenvalue weighted by Crippen LogP contribution is 2.31. The van der Waals surface area contributed by atoms with Crippen molar-refractivity contribution in [2.45, 2.75) is 0 Å². The highest BCUT2D eigenvalue weighted by Gasteiger charge is 2.04. The second kappa shape index (κ2) is 3.69. The first-order valence-electron chi connectivity index (χ1n) is 2.86. The number of hydrogen-bond donors (Lipinski definition) is 3. The molecule has 0 amide bonds. The Morgan fingerprint density at radius 2 is 1.92 bits per heavy atom. The van der Waals surface area contributed by atoms with E-state index in [9.17, 15) is 0 Å². The second-order valence-electron chi connectivity index (χ2n) is 2.05. The zero-order valence-electron chi connectivity index (χ0n) is 5.98. The van der Waals surface area contributed by atoms with Gasteiger partial charge in [-0.05, 0) is 6.07 Å². The number of nitrogens with zero attached hydrogens (tertiary/aromatic N) is 1. The summed E-state index contributed by atoms with van der Waals surface area (Å²) < 4.78 is 0. The highest BCUT2D eigenvalue weighted by molar-refractivity contribution is 5.85. The summed E-state index contributed by atoms with van der Waals surface area (Å²) in [6, 6.07) is 4.22. The maximum absolute atomic E-state index is 8.94. The number of nitriles is 1. The van der Waals surface area contributed by atoms with Gasteiger partial charge in [0.2, 0.25) is 0 Å². The summed E-state index contributed by atoms with van der Waals surface area (Å²) in [5.74, 6) is -0.759. The van der Waals surface area contributed by atoms with Crippen molar-refractivity contribution in [3.8, 4) is 17.6 Å². The topological polar surface area (TPSA) is 90.3 Å². The van der Waals surface area contributed by atoms with Crippen LogP contribution in [0, 0.1) is 11.3 Å². The van der Waals surface area contributed by atoms with Crippen molar-refractivity contribution in [2.24, 2.45) is 0 Å². The maximum atomic E-state index is 8.94. The van der Waals surface area contributed by atoms with Gasteiger partial charge in [-0.3, -0.25) is 0 Å². The molecule has 0 bridgehead atoms. The van der Waals surface area contributed by atoms with Crippen molar-refractivity contribution in [3.63, 3.8) is 0 Å². The van der Waals surface area contributed by atoms with E-state index in [1.165, 1.54) is 6.07 Å². The van der Waals surface area contributed by atoms with Crippen molar-refractivity contribution in [2.75, 3.05) is 5.73 Å². The Bertz CT molecular complexity index is 310. The minimum absolute atomic E-state index is 0. The summed E-state index contributed by atoms with van der Waals surface area (Å²) in [7, 11) is 0. The normalized spacial score (nSPS) is 8.25. The van der Waals surface area contributed by atoms with E-state index in [0.717, 1.165) is 6.07 Å². The lowest BCUT2D eigenvalue weighted by atomic mass is 10.2. The van der Waals surface area contributed by atoms with Gasteiger partial charge in [0, 0.05) is 6.07 Å². The van der Waals surface area contributed by atoms with Crippen molar-refractivity contribution < 1.29 is 10.2 Å². The molecule has 0 fully saturated rings. The highest BCUT2D eigenvalue weighted by atomic mass is 35.5. The van der Waals surface area contributed by atoms with E-state index >= 15 is 0 Å². The molecule has 0 heterocycles. The van der Waals surface area contributed by atoms with Crippen LogP contribution >= 0.6 is 12.4 Å². The Balaban J connectivity index is 0.00000121. The third kappa shape index (κ3) is 1.71. The first kappa shape index (κ1) is 10.4. The van der Waals surface area contributed by atoms with Crippen LogP contribution < -0.4 is 5.73 Å². The van der Waals surface area contributed by atoms with Crippen LogP contribution in [0.15, 0.2) is 12.1 Å². The number of aromatic hydroxyl groups is 2. The fourth-order valence-corrected chi connectivity index (χ4v) is 0.706. The average Bonchev–Trinajstić information content (AvgIpc) is 1.99. The number of nitrogen functional groups attached to an aromatic ring is 1. The molecule has 0 spiro atoms. The number of benzene rings is 1. The number of phenolic OH excluding ortho intramolecular Hbond substituents is 2. The Kier molecular flexibility index (Phi) is 3.20. The van der Waals surface area contributed by atoms with Crippen LogP contribution in [0.2, 0.25) is 0 Å². The zero-order valence-corrected chi connectivity index (χ0v) is 6.80. The molecule has 12 heavy (non-hydrogen) atoms. The van der Waals surface area contributed by atoms with Gasteiger partial charge in [0.25, 0.3) is 0 Å². The van der Waals surface area contributed by atoms with Gasteiger partial charge in [-0.25, -0.2) is 0 Å².